The van der Waals surface area contributed by atoms with E-state index in [2.05, 4.69) is 21.2 Å². The second-order valence-corrected chi connectivity index (χ2v) is 9.66. The third-order valence-corrected chi connectivity index (χ3v) is 6.98. The minimum absolute atomic E-state index is 0.00360. The molecule has 182 valence electrons. The van der Waals surface area contributed by atoms with Gasteiger partial charge in [0.15, 0.2) is 5.82 Å². The van der Waals surface area contributed by atoms with E-state index in [9.17, 15) is 9.59 Å². The first-order chi connectivity index (χ1) is 17.2. The standard InChI is InChI=1S/C28H33N5O2/c34-27(23-12-9-11-22(18-23)26-29-20-30-31-26)32-16-7-3-1-2-4-8-17-33(28(35)21-14-15-21)25-13-6-5-10-24(25)19-32/h5-6,9-13,18,20-21H,1-4,7-8,14-17,19H2,(H,29,30,31). The molecule has 0 atom stereocenters. The molecule has 1 N–H and O–H groups in total. The van der Waals surface area contributed by atoms with Gasteiger partial charge >= 0.3 is 0 Å². The van der Waals surface area contributed by atoms with Gasteiger partial charge in [-0.05, 0) is 49.4 Å². The van der Waals surface area contributed by atoms with E-state index >= 15 is 0 Å². The van der Waals surface area contributed by atoms with Crippen LogP contribution >= 0.6 is 0 Å². The van der Waals surface area contributed by atoms with Crippen LogP contribution in [0.5, 0.6) is 0 Å². The third kappa shape index (κ3) is 5.61. The van der Waals surface area contributed by atoms with Crippen LogP contribution in [0.1, 0.15) is 67.3 Å². The van der Waals surface area contributed by atoms with Gasteiger partial charge in [-0.25, -0.2) is 4.98 Å². The van der Waals surface area contributed by atoms with E-state index in [1.54, 1.807) is 0 Å². The Balaban J connectivity index is 1.45. The second-order valence-electron chi connectivity index (χ2n) is 9.66. The molecule has 7 nitrogen and oxygen atoms in total. The molecule has 1 saturated carbocycles. The molecule has 2 aliphatic rings. The maximum Gasteiger partial charge on any atom is 0.254 e. The Kier molecular flexibility index (Phi) is 7.21. The predicted octanol–water partition coefficient (Wildman–Crippen LogP) is 5.21. The van der Waals surface area contributed by atoms with E-state index < -0.39 is 0 Å². The Morgan fingerprint density at radius 1 is 0.886 bits per heavy atom. The van der Waals surface area contributed by atoms with Crippen LogP contribution in [0.2, 0.25) is 0 Å². The van der Waals surface area contributed by atoms with Crippen LogP contribution in [-0.2, 0) is 11.3 Å². The van der Waals surface area contributed by atoms with Crippen molar-refractivity contribution in [2.45, 2.75) is 57.9 Å². The number of amides is 2. The van der Waals surface area contributed by atoms with Gasteiger partial charge in [-0.2, -0.15) is 5.10 Å². The van der Waals surface area contributed by atoms with Gasteiger partial charge in [0, 0.05) is 42.4 Å². The lowest BCUT2D eigenvalue weighted by molar-refractivity contribution is -0.119. The summed E-state index contributed by atoms with van der Waals surface area (Å²) in [6.07, 6.45) is 10.0. The lowest BCUT2D eigenvalue weighted by atomic mass is 10.1. The van der Waals surface area contributed by atoms with E-state index in [0.717, 1.165) is 68.3 Å². The molecule has 35 heavy (non-hydrogen) atoms. The summed E-state index contributed by atoms with van der Waals surface area (Å²) in [6.45, 7) is 1.92. The average molecular weight is 472 g/mol. The van der Waals surface area contributed by atoms with Crippen LogP contribution in [0.3, 0.4) is 0 Å². The monoisotopic (exact) mass is 471 g/mol. The highest BCUT2D eigenvalue weighted by Crippen LogP contribution is 2.34. The van der Waals surface area contributed by atoms with Gasteiger partial charge in [0.1, 0.15) is 6.33 Å². The lowest BCUT2D eigenvalue weighted by Gasteiger charge is -2.28. The number of hydrogen-bond acceptors (Lipinski definition) is 4. The molecular weight excluding hydrogens is 438 g/mol. The number of anilines is 1. The molecule has 1 fully saturated rings. The fourth-order valence-electron chi connectivity index (χ4n) is 4.87. The largest absolute Gasteiger partial charge is 0.334 e. The summed E-state index contributed by atoms with van der Waals surface area (Å²) in [5.41, 5.74) is 3.45. The molecule has 0 radical (unpaired) electrons. The van der Waals surface area contributed by atoms with E-state index in [-0.39, 0.29) is 17.7 Å². The summed E-state index contributed by atoms with van der Waals surface area (Å²) >= 11 is 0. The fourth-order valence-corrected chi connectivity index (χ4v) is 4.87. The average Bonchev–Trinajstić information content (AvgIpc) is 3.59. The Morgan fingerprint density at radius 2 is 1.66 bits per heavy atom. The molecule has 0 saturated heterocycles. The Labute approximate surface area is 206 Å². The number of para-hydroxylation sites is 1. The Hall–Kier alpha value is -3.48. The highest BCUT2D eigenvalue weighted by Gasteiger charge is 2.34. The molecule has 2 amide bonds. The summed E-state index contributed by atoms with van der Waals surface area (Å²) in [5.74, 6) is 1.04. The van der Waals surface area contributed by atoms with Gasteiger partial charge in [-0.15, -0.1) is 0 Å². The normalized spacial score (nSPS) is 17.6. The zero-order valence-electron chi connectivity index (χ0n) is 20.2. The molecule has 2 heterocycles. The van der Waals surface area contributed by atoms with Crippen LogP contribution in [-0.4, -0.2) is 45.0 Å². The van der Waals surface area contributed by atoms with E-state index in [1.807, 2.05) is 52.3 Å². The molecule has 3 aromatic rings. The summed E-state index contributed by atoms with van der Waals surface area (Å²) in [6, 6.07) is 15.7. The first-order valence-electron chi connectivity index (χ1n) is 12.8. The number of nitrogens with zero attached hydrogens (tertiary/aromatic N) is 4. The van der Waals surface area contributed by atoms with Crippen molar-refractivity contribution in [3.05, 3.63) is 66.0 Å². The van der Waals surface area contributed by atoms with Crippen LogP contribution in [0.4, 0.5) is 5.69 Å². The zero-order chi connectivity index (χ0) is 24.0. The van der Waals surface area contributed by atoms with Crippen molar-refractivity contribution in [1.29, 1.82) is 0 Å². The van der Waals surface area contributed by atoms with E-state index in [1.165, 1.54) is 12.7 Å². The molecule has 2 aromatic carbocycles. The Bertz CT molecular complexity index is 1160. The molecule has 1 aromatic heterocycles. The number of hydrogen-bond donors (Lipinski definition) is 1. The van der Waals surface area contributed by atoms with Crippen molar-refractivity contribution >= 4 is 17.5 Å². The number of fused-ring (bicyclic) bond motifs is 1. The van der Waals surface area contributed by atoms with Gasteiger partial charge in [-0.3, -0.25) is 14.7 Å². The van der Waals surface area contributed by atoms with E-state index in [0.29, 0.717) is 24.5 Å². The molecule has 1 aliphatic carbocycles. The quantitative estimate of drug-likeness (QED) is 0.568. The van der Waals surface area contributed by atoms with Crippen LogP contribution < -0.4 is 4.90 Å². The highest BCUT2D eigenvalue weighted by molar-refractivity contribution is 5.98. The number of aromatic nitrogens is 3. The van der Waals surface area contributed by atoms with Gasteiger partial charge in [-0.1, -0.05) is 56.0 Å². The van der Waals surface area contributed by atoms with Crippen LogP contribution in [0.25, 0.3) is 11.4 Å². The topological polar surface area (TPSA) is 82.2 Å². The number of benzene rings is 2. The maximum absolute atomic E-state index is 13.7. The van der Waals surface area contributed by atoms with Crippen molar-refractivity contribution < 1.29 is 9.59 Å². The van der Waals surface area contributed by atoms with Gasteiger partial charge in [0.05, 0.1) is 0 Å². The molecular formula is C28H33N5O2. The fraction of sp³-hybridized carbons (Fsp3) is 0.429. The lowest BCUT2D eigenvalue weighted by Crippen LogP contribution is -2.36. The second kappa shape index (κ2) is 10.8. The van der Waals surface area contributed by atoms with Crippen molar-refractivity contribution in [2.75, 3.05) is 18.0 Å². The molecule has 0 bridgehead atoms. The summed E-state index contributed by atoms with van der Waals surface area (Å²) in [7, 11) is 0. The van der Waals surface area contributed by atoms with Gasteiger partial charge in [0.2, 0.25) is 5.91 Å². The van der Waals surface area contributed by atoms with Crippen LogP contribution in [0, 0.1) is 5.92 Å². The van der Waals surface area contributed by atoms with Gasteiger partial charge in [0.25, 0.3) is 5.91 Å². The molecule has 0 unspecified atom stereocenters. The number of rotatable bonds is 3. The first-order valence-corrected chi connectivity index (χ1v) is 12.8. The minimum atomic E-state index is -0.00360. The number of carbonyl (C=O) groups excluding carboxylic acids is 2. The van der Waals surface area contributed by atoms with Crippen molar-refractivity contribution in [3.8, 4) is 11.4 Å². The molecule has 5 rings (SSSR count). The molecule has 0 spiro atoms. The predicted molar refractivity (Wildman–Crippen MR) is 136 cm³/mol. The first kappa shape index (κ1) is 23.3. The minimum Gasteiger partial charge on any atom is -0.334 e. The van der Waals surface area contributed by atoms with Crippen molar-refractivity contribution in [3.63, 3.8) is 0 Å². The third-order valence-electron chi connectivity index (χ3n) is 6.98. The van der Waals surface area contributed by atoms with Crippen LogP contribution in [0.15, 0.2) is 54.9 Å². The number of H-pyrrole nitrogens is 1. The summed E-state index contributed by atoms with van der Waals surface area (Å²) in [4.78, 5) is 35.1. The Morgan fingerprint density at radius 3 is 2.43 bits per heavy atom. The summed E-state index contributed by atoms with van der Waals surface area (Å²) < 4.78 is 0. The number of aromatic amines is 1. The maximum atomic E-state index is 13.7. The van der Waals surface area contributed by atoms with Crippen molar-refractivity contribution in [1.82, 2.24) is 20.1 Å². The van der Waals surface area contributed by atoms with Crippen molar-refractivity contribution in [2.24, 2.45) is 5.92 Å². The molecule has 1 aliphatic heterocycles. The zero-order valence-corrected chi connectivity index (χ0v) is 20.2. The summed E-state index contributed by atoms with van der Waals surface area (Å²) in [5, 5.41) is 6.80. The molecule has 7 heteroatoms. The van der Waals surface area contributed by atoms with Gasteiger partial charge < -0.3 is 9.80 Å². The highest BCUT2D eigenvalue weighted by atomic mass is 16.2. The number of carbonyl (C=O) groups is 2. The number of nitrogens with one attached hydrogen (secondary N) is 1. The smallest absolute Gasteiger partial charge is 0.254 e. The SMILES string of the molecule is O=C(c1cccc(-c2ncn[nH]2)c1)N1CCCCCCCCN(C(=O)C2CC2)c2ccccc2C1. The van der Waals surface area contributed by atoms with E-state index in [4.69, 9.17) is 0 Å².